The third-order valence-electron chi connectivity index (χ3n) is 3.33. The van der Waals surface area contributed by atoms with Gasteiger partial charge in [0.25, 0.3) is 0 Å². The Morgan fingerprint density at radius 2 is 1.95 bits per heavy atom. The molecule has 1 aliphatic heterocycles. The van der Waals surface area contributed by atoms with Crippen LogP contribution in [0.15, 0.2) is 29.2 Å². The predicted molar refractivity (Wildman–Crippen MR) is 79.1 cm³/mol. The van der Waals surface area contributed by atoms with Crippen LogP contribution < -0.4 is 0 Å². The molecule has 0 radical (unpaired) electrons. The minimum atomic E-state index is -3.47. The molecule has 1 fully saturated rings. The van der Waals surface area contributed by atoms with Crippen molar-refractivity contribution in [1.29, 1.82) is 0 Å². The Labute approximate surface area is 130 Å². The van der Waals surface area contributed by atoms with Gasteiger partial charge in [-0.25, -0.2) is 8.42 Å². The van der Waals surface area contributed by atoms with E-state index in [1.54, 1.807) is 26.0 Å². The van der Waals surface area contributed by atoms with Gasteiger partial charge in [0.2, 0.25) is 0 Å². The summed E-state index contributed by atoms with van der Waals surface area (Å²) >= 11 is 0. The van der Waals surface area contributed by atoms with Crippen molar-refractivity contribution >= 4 is 15.8 Å². The van der Waals surface area contributed by atoms with E-state index in [0.29, 0.717) is 5.56 Å². The van der Waals surface area contributed by atoms with Gasteiger partial charge in [0, 0.05) is 0 Å². The van der Waals surface area contributed by atoms with Crippen molar-refractivity contribution in [2.45, 2.75) is 37.1 Å². The zero-order chi connectivity index (χ0) is 16.4. The highest BCUT2D eigenvalue weighted by Crippen LogP contribution is 2.25. The largest absolute Gasteiger partial charge is 0.469 e. The van der Waals surface area contributed by atoms with E-state index in [0.717, 1.165) is 0 Å². The van der Waals surface area contributed by atoms with Crippen molar-refractivity contribution in [3.8, 4) is 0 Å². The maximum Gasteiger partial charge on any atom is 0.309 e. The molecule has 0 N–H and O–H groups in total. The third-order valence-corrected chi connectivity index (χ3v) is 5.13. The van der Waals surface area contributed by atoms with Crippen LogP contribution in [0.2, 0.25) is 0 Å². The van der Waals surface area contributed by atoms with Gasteiger partial charge in [0.05, 0.1) is 36.9 Å². The van der Waals surface area contributed by atoms with E-state index >= 15 is 0 Å². The van der Waals surface area contributed by atoms with Gasteiger partial charge < -0.3 is 14.2 Å². The molecule has 6 nitrogen and oxygen atoms in total. The maximum atomic E-state index is 12.4. The van der Waals surface area contributed by atoms with Crippen molar-refractivity contribution in [3.63, 3.8) is 0 Å². The molecule has 7 heteroatoms. The molecule has 0 saturated carbocycles. The van der Waals surface area contributed by atoms with Crippen LogP contribution in [0.4, 0.5) is 0 Å². The van der Waals surface area contributed by atoms with E-state index < -0.39 is 21.7 Å². The number of benzene rings is 1. The van der Waals surface area contributed by atoms with Gasteiger partial charge in [-0.15, -0.1) is 0 Å². The highest BCUT2D eigenvalue weighted by molar-refractivity contribution is 7.91. The lowest BCUT2D eigenvalue weighted by molar-refractivity contribution is -0.139. The van der Waals surface area contributed by atoms with Crippen LogP contribution in [-0.2, 0) is 35.3 Å². The summed E-state index contributed by atoms with van der Waals surface area (Å²) in [5.41, 5.74) is 0.701. The van der Waals surface area contributed by atoms with Crippen LogP contribution in [0.25, 0.3) is 0 Å². The van der Waals surface area contributed by atoms with Crippen LogP contribution in [-0.4, -0.2) is 45.7 Å². The average molecular weight is 328 g/mol. The van der Waals surface area contributed by atoms with Crippen molar-refractivity contribution < 1.29 is 27.4 Å². The third kappa shape index (κ3) is 4.28. The van der Waals surface area contributed by atoms with Gasteiger partial charge in [-0.2, -0.15) is 0 Å². The van der Waals surface area contributed by atoms with E-state index in [1.807, 2.05) is 0 Å². The number of hydrogen-bond acceptors (Lipinski definition) is 6. The molecule has 22 heavy (non-hydrogen) atoms. The zero-order valence-corrected chi connectivity index (χ0v) is 13.7. The van der Waals surface area contributed by atoms with Crippen molar-refractivity contribution in [2.24, 2.45) is 0 Å². The molecule has 1 saturated heterocycles. The molecule has 0 amide bonds. The van der Waals surface area contributed by atoms with Gasteiger partial charge in [-0.1, -0.05) is 12.1 Å². The number of carbonyl (C=O) groups excluding carboxylic acids is 1. The second-order valence-electron chi connectivity index (χ2n) is 5.63. The summed E-state index contributed by atoms with van der Waals surface area (Å²) in [6.07, 6.45) is -0.361. The second kappa shape index (κ2) is 6.36. The first-order chi connectivity index (χ1) is 10.2. The first-order valence-electron chi connectivity index (χ1n) is 6.92. The van der Waals surface area contributed by atoms with Crippen LogP contribution in [0, 0.1) is 0 Å². The van der Waals surface area contributed by atoms with E-state index in [9.17, 15) is 13.2 Å². The number of esters is 1. The lowest BCUT2D eigenvalue weighted by atomic mass is 10.2. The summed E-state index contributed by atoms with van der Waals surface area (Å²) in [5, 5.41) is 0. The molecule has 122 valence electrons. The van der Waals surface area contributed by atoms with Crippen molar-refractivity contribution in [2.75, 3.05) is 19.5 Å². The lowest BCUT2D eigenvalue weighted by Crippen LogP contribution is -2.26. The quantitative estimate of drug-likeness (QED) is 0.759. The Hall–Kier alpha value is -1.44. The summed E-state index contributed by atoms with van der Waals surface area (Å²) in [5.74, 6) is -1.24. The second-order valence-corrected chi connectivity index (χ2v) is 7.66. The summed E-state index contributed by atoms with van der Waals surface area (Å²) < 4.78 is 40.2. The minimum Gasteiger partial charge on any atom is -0.469 e. The molecular weight excluding hydrogens is 308 g/mol. The minimum absolute atomic E-state index is 0.116. The standard InChI is InChI=1S/C15H20O6S/c1-15(2)20-9-12(21-15)10-22(17,18)13-6-4-11(5-7-13)8-14(16)19-3/h4-7,12H,8-10H2,1-3H3/t12-/m1/s1. The van der Waals surface area contributed by atoms with Gasteiger partial charge >= 0.3 is 5.97 Å². The SMILES string of the molecule is COC(=O)Cc1ccc(S(=O)(=O)C[C@H]2COC(C)(C)O2)cc1. The Bertz CT molecular complexity index is 633. The smallest absolute Gasteiger partial charge is 0.309 e. The van der Waals surface area contributed by atoms with Crippen molar-refractivity contribution in [3.05, 3.63) is 29.8 Å². The first kappa shape index (κ1) is 16.9. The Balaban J connectivity index is 2.05. The van der Waals surface area contributed by atoms with Crippen LogP contribution in [0.3, 0.4) is 0 Å². The fourth-order valence-corrected chi connectivity index (χ4v) is 3.64. The van der Waals surface area contributed by atoms with Crippen LogP contribution in [0.1, 0.15) is 19.4 Å². The molecule has 0 unspecified atom stereocenters. The molecule has 2 rings (SSSR count). The molecule has 0 spiro atoms. The molecule has 1 aliphatic rings. The van der Waals surface area contributed by atoms with Gasteiger partial charge in [-0.3, -0.25) is 4.79 Å². The summed E-state index contributed by atoms with van der Waals surface area (Å²) in [6, 6.07) is 6.21. The Morgan fingerprint density at radius 3 is 2.45 bits per heavy atom. The Kier molecular flexibility index (Phi) is 4.89. The average Bonchev–Trinajstić information content (AvgIpc) is 2.77. The number of rotatable bonds is 5. The normalized spacial score (nSPS) is 20.8. The predicted octanol–water partition coefficient (Wildman–Crippen LogP) is 1.33. The van der Waals surface area contributed by atoms with Gasteiger partial charge in [0.1, 0.15) is 0 Å². The summed E-state index contributed by atoms with van der Waals surface area (Å²) in [7, 11) is -2.15. The number of ether oxygens (including phenoxy) is 3. The summed E-state index contributed by atoms with van der Waals surface area (Å²) in [4.78, 5) is 11.4. The molecule has 1 atom stereocenters. The molecular formula is C15H20O6S. The highest BCUT2D eigenvalue weighted by Gasteiger charge is 2.35. The van der Waals surface area contributed by atoms with Gasteiger partial charge in [0.15, 0.2) is 15.6 Å². The molecule has 1 aromatic carbocycles. The lowest BCUT2D eigenvalue weighted by Gasteiger charge is -2.17. The number of methoxy groups -OCH3 is 1. The van der Waals surface area contributed by atoms with Gasteiger partial charge in [-0.05, 0) is 31.5 Å². The van der Waals surface area contributed by atoms with E-state index in [2.05, 4.69) is 4.74 Å². The number of sulfone groups is 1. The topological polar surface area (TPSA) is 78.9 Å². The van der Waals surface area contributed by atoms with Crippen LogP contribution in [0.5, 0.6) is 0 Å². The number of carbonyl (C=O) groups is 1. The molecule has 0 aromatic heterocycles. The summed E-state index contributed by atoms with van der Waals surface area (Å²) in [6.45, 7) is 3.76. The molecule has 0 aliphatic carbocycles. The fourth-order valence-electron chi connectivity index (χ4n) is 2.24. The Morgan fingerprint density at radius 1 is 1.32 bits per heavy atom. The molecule has 1 heterocycles. The number of hydrogen-bond donors (Lipinski definition) is 0. The highest BCUT2D eigenvalue weighted by atomic mass is 32.2. The first-order valence-corrected chi connectivity index (χ1v) is 8.57. The van der Waals surface area contributed by atoms with E-state index in [-0.39, 0.29) is 29.6 Å². The van der Waals surface area contributed by atoms with Crippen molar-refractivity contribution in [1.82, 2.24) is 0 Å². The molecule has 0 bridgehead atoms. The van der Waals surface area contributed by atoms with E-state index in [1.165, 1.54) is 19.2 Å². The monoisotopic (exact) mass is 328 g/mol. The van der Waals surface area contributed by atoms with E-state index in [4.69, 9.17) is 9.47 Å². The maximum absolute atomic E-state index is 12.4. The van der Waals surface area contributed by atoms with Crippen LogP contribution >= 0.6 is 0 Å². The fraction of sp³-hybridized carbons (Fsp3) is 0.533. The zero-order valence-electron chi connectivity index (χ0n) is 12.9. The molecule has 1 aromatic rings.